The number of fused-ring (bicyclic) bond motifs is 4. The van der Waals surface area contributed by atoms with Crippen molar-refractivity contribution in [2.45, 2.75) is 103 Å². The number of carbonyl (C=O) groups is 1. The van der Waals surface area contributed by atoms with E-state index < -0.39 is 11.6 Å². The molecule has 4 aliphatic rings. The van der Waals surface area contributed by atoms with Gasteiger partial charge in [0.05, 0.1) is 17.1 Å². The van der Waals surface area contributed by atoms with Crippen LogP contribution in [0.2, 0.25) is 0 Å². The van der Waals surface area contributed by atoms with Crippen LogP contribution in [0.5, 0.6) is 11.8 Å². The lowest BCUT2D eigenvalue weighted by atomic mass is 9.75. The normalized spacial score (nSPS) is 24.6. The average molecular weight is 810 g/mol. The van der Waals surface area contributed by atoms with E-state index >= 15 is 4.39 Å². The van der Waals surface area contributed by atoms with Gasteiger partial charge in [-0.1, -0.05) is 45.6 Å². The molecule has 1 amide bonds. The molecule has 314 valence electrons. The van der Waals surface area contributed by atoms with Crippen molar-refractivity contribution in [3.05, 3.63) is 47.7 Å². The molecule has 2 aromatic carbocycles. The van der Waals surface area contributed by atoms with Crippen molar-refractivity contribution in [3.63, 3.8) is 0 Å². The van der Waals surface area contributed by atoms with E-state index in [1.807, 2.05) is 0 Å². The molecule has 1 aliphatic carbocycles. The summed E-state index contributed by atoms with van der Waals surface area (Å²) in [6.07, 6.45) is 16.5. The van der Waals surface area contributed by atoms with Crippen LogP contribution in [0.3, 0.4) is 0 Å². The predicted octanol–water partition coefficient (Wildman–Crippen LogP) is 6.97. The molecule has 0 spiro atoms. The van der Waals surface area contributed by atoms with Crippen LogP contribution in [0, 0.1) is 41.7 Å². The zero-order valence-corrected chi connectivity index (χ0v) is 34.5. The summed E-state index contributed by atoms with van der Waals surface area (Å²) in [5.41, 5.74) is 0.0598. The number of aromatic hydroxyl groups is 1. The second-order valence-corrected chi connectivity index (χ2v) is 17.6. The topological polar surface area (TPSA) is 125 Å². The highest BCUT2D eigenvalue weighted by Crippen LogP contribution is 2.40. The number of halogens is 2. The minimum Gasteiger partial charge on any atom is -0.508 e. The smallest absolute Gasteiger partial charge is 0.319 e. The lowest BCUT2D eigenvalue weighted by Crippen LogP contribution is -2.51. The molecule has 59 heavy (non-hydrogen) atoms. The first-order valence-corrected chi connectivity index (χ1v) is 21.6. The summed E-state index contributed by atoms with van der Waals surface area (Å²) in [7, 11) is 0. The third kappa shape index (κ3) is 9.10. The van der Waals surface area contributed by atoms with Crippen LogP contribution >= 0.6 is 0 Å². The SMILES string of the molecule is C#Cc1c(F)ccc2cc(O)cc(-c3ncc4c(N5CC6CCC(C5)N6)nc(OC5CCN(CCCCCNC(=O)CO[C@@H]6CC(C)CCC6C(C)C)C5)nc4c3F)c12. The summed E-state index contributed by atoms with van der Waals surface area (Å²) in [4.78, 5) is 31.2. The van der Waals surface area contributed by atoms with Gasteiger partial charge in [0, 0.05) is 62.0 Å². The second kappa shape index (κ2) is 17.9. The molecular formula is C46H57F2N7O4. The number of terminal acetylenes is 1. The van der Waals surface area contributed by atoms with Gasteiger partial charge >= 0.3 is 6.01 Å². The standard InChI is InChI=1S/C46H57F2N7O4/c1-5-34-38(47)14-10-29-20-32(56)21-36(41(29)34)43-42(48)44-37(22-50-43)45(55-23-30-11-12-31(24-55)51-30)53-46(52-44)59-33-15-18-54(25-33)17-8-6-7-16-49-40(57)26-58-39-19-28(4)9-13-35(39)27(2)3/h1,10,14,20-22,27-28,30-31,33,35,39,51,56H,6-9,11-13,15-19,23-26H2,2-4H3,(H,49,57)/t28?,30?,31?,33?,35?,39-/m1/s1. The molecule has 2 aromatic heterocycles. The van der Waals surface area contributed by atoms with E-state index in [1.165, 1.54) is 37.1 Å². The fourth-order valence-corrected chi connectivity index (χ4v) is 9.88. The molecule has 11 nitrogen and oxygen atoms in total. The van der Waals surface area contributed by atoms with E-state index in [4.69, 9.17) is 20.9 Å². The Kier molecular flexibility index (Phi) is 12.5. The second-order valence-electron chi connectivity index (χ2n) is 17.6. The van der Waals surface area contributed by atoms with Crippen molar-refractivity contribution in [2.75, 3.05) is 50.8 Å². The van der Waals surface area contributed by atoms with E-state index in [0.717, 1.165) is 58.0 Å². The molecule has 1 saturated carbocycles. The van der Waals surface area contributed by atoms with Gasteiger partial charge in [0.1, 0.15) is 41.3 Å². The number of unbranched alkanes of at least 4 members (excludes halogenated alkanes) is 2. The lowest BCUT2D eigenvalue weighted by Gasteiger charge is -2.37. The van der Waals surface area contributed by atoms with E-state index in [0.29, 0.717) is 72.6 Å². The van der Waals surface area contributed by atoms with Crippen molar-refractivity contribution in [3.8, 4) is 35.4 Å². The van der Waals surface area contributed by atoms with Gasteiger partial charge in [0.15, 0.2) is 5.82 Å². The van der Waals surface area contributed by atoms with Crippen molar-refractivity contribution in [1.82, 2.24) is 30.5 Å². The molecule has 5 heterocycles. The summed E-state index contributed by atoms with van der Waals surface area (Å²) in [6.45, 7) is 11.4. The molecule has 13 heteroatoms. The fourth-order valence-electron chi connectivity index (χ4n) is 9.88. The molecule has 6 atom stereocenters. The van der Waals surface area contributed by atoms with E-state index in [-0.39, 0.29) is 64.2 Å². The lowest BCUT2D eigenvalue weighted by molar-refractivity contribution is -0.131. The summed E-state index contributed by atoms with van der Waals surface area (Å²) in [5.74, 6) is 3.15. The Balaban J connectivity index is 0.915. The first-order valence-electron chi connectivity index (χ1n) is 21.6. The number of carbonyl (C=O) groups excluding carboxylic acids is 1. The van der Waals surface area contributed by atoms with Crippen molar-refractivity contribution in [2.24, 2.45) is 17.8 Å². The Labute approximate surface area is 345 Å². The van der Waals surface area contributed by atoms with Crippen LogP contribution in [-0.2, 0) is 9.53 Å². The van der Waals surface area contributed by atoms with Gasteiger partial charge in [-0.05, 0) is 92.8 Å². The predicted molar refractivity (Wildman–Crippen MR) is 225 cm³/mol. The number of hydrogen-bond acceptors (Lipinski definition) is 10. The van der Waals surface area contributed by atoms with Crippen LogP contribution in [0.25, 0.3) is 32.9 Å². The molecule has 3 aliphatic heterocycles. The number of nitrogens with zero attached hydrogens (tertiary/aromatic N) is 5. The van der Waals surface area contributed by atoms with Crippen molar-refractivity contribution in [1.29, 1.82) is 0 Å². The number of aromatic nitrogens is 3. The summed E-state index contributed by atoms with van der Waals surface area (Å²) >= 11 is 0. The summed E-state index contributed by atoms with van der Waals surface area (Å²) < 4.78 is 44.5. The number of piperazine rings is 1. The van der Waals surface area contributed by atoms with E-state index in [9.17, 15) is 14.3 Å². The number of anilines is 1. The number of phenols is 1. The fraction of sp³-hybridized carbons (Fsp3) is 0.565. The number of hydrogen-bond donors (Lipinski definition) is 3. The molecule has 8 rings (SSSR count). The van der Waals surface area contributed by atoms with Gasteiger partial charge in [0.2, 0.25) is 5.91 Å². The molecule has 2 bridgehead atoms. The first-order chi connectivity index (χ1) is 28.5. The highest BCUT2D eigenvalue weighted by molar-refractivity contribution is 6.03. The molecule has 3 saturated heterocycles. The Morgan fingerprint density at radius 3 is 2.66 bits per heavy atom. The number of amides is 1. The van der Waals surface area contributed by atoms with E-state index in [2.05, 4.69) is 57.1 Å². The number of pyridine rings is 1. The Bertz CT molecular complexity index is 2200. The van der Waals surface area contributed by atoms with E-state index in [1.54, 1.807) is 6.20 Å². The highest BCUT2D eigenvalue weighted by atomic mass is 19.1. The Morgan fingerprint density at radius 1 is 1.07 bits per heavy atom. The first kappa shape index (κ1) is 41.1. The van der Waals surface area contributed by atoms with Crippen LogP contribution in [0.4, 0.5) is 14.6 Å². The molecule has 0 radical (unpaired) electrons. The Morgan fingerprint density at radius 2 is 1.88 bits per heavy atom. The minimum absolute atomic E-state index is 0.0351. The third-order valence-corrected chi connectivity index (χ3v) is 13.0. The number of rotatable bonds is 14. The van der Waals surface area contributed by atoms with Crippen LogP contribution in [-0.4, -0.2) is 101 Å². The maximum absolute atomic E-state index is 17.0. The van der Waals surface area contributed by atoms with Gasteiger partial charge in [-0.2, -0.15) is 9.97 Å². The number of nitrogens with one attached hydrogen (secondary N) is 2. The third-order valence-electron chi connectivity index (χ3n) is 13.0. The van der Waals surface area contributed by atoms with Crippen LogP contribution in [0.15, 0.2) is 30.5 Å². The molecule has 4 fully saturated rings. The van der Waals surface area contributed by atoms with Crippen molar-refractivity contribution < 1.29 is 28.2 Å². The largest absolute Gasteiger partial charge is 0.508 e. The van der Waals surface area contributed by atoms with Crippen LogP contribution in [0.1, 0.15) is 84.1 Å². The van der Waals surface area contributed by atoms with Crippen LogP contribution < -0.4 is 20.3 Å². The molecule has 4 aromatic rings. The molecule has 3 N–H and O–H groups in total. The quantitative estimate of drug-likeness (QED) is 0.0910. The van der Waals surface area contributed by atoms with Gasteiger partial charge in [0.25, 0.3) is 0 Å². The molecular weight excluding hydrogens is 753 g/mol. The van der Waals surface area contributed by atoms with Crippen molar-refractivity contribution >= 4 is 33.4 Å². The summed E-state index contributed by atoms with van der Waals surface area (Å²) in [6, 6.07) is 6.25. The minimum atomic E-state index is -0.733. The van der Waals surface area contributed by atoms with Gasteiger partial charge in [-0.3, -0.25) is 14.7 Å². The average Bonchev–Trinajstić information content (AvgIpc) is 3.81. The molecule has 5 unspecified atom stereocenters. The zero-order chi connectivity index (χ0) is 41.2. The highest BCUT2D eigenvalue weighted by Gasteiger charge is 2.35. The summed E-state index contributed by atoms with van der Waals surface area (Å²) in [5, 5.41) is 18.5. The monoisotopic (exact) mass is 809 g/mol. The maximum atomic E-state index is 17.0. The number of ether oxygens (including phenoxy) is 2. The maximum Gasteiger partial charge on any atom is 0.319 e. The zero-order valence-electron chi connectivity index (χ0n) is 34.5. The Hall–Kier alpha value is -4.64. The number of phenolic OH excluding ortho intramolecular Hbond substituents is 1. The van der Waals surface area contributed by atoms with Gasteiger partial charge in [-0.25, -0.2) is 8.78 Å². The number of benzene rings is 2. The van der Waals surface area contributed by atoms with Gasteiger partial charge in [-0.15, -0.1) is 6.42 Å². The number of likely N-dealkylation sites (tertiary alicyclic amines) is 1. The van der Waals surface area contributed by atoms with Gasteiger partial charge < -0.3 is 30.1 Å².